The number of carbonyl (C=O) groups is 2. The van der Waals surface area contributed by atoms with E-state index in [9.17, 15) is 18.0 Å². The Morgan fingerprint density at radius 1 is 1.13 bits per heavy atom. The van der Waals surface area contributed by atoms with Crippen LogP contribution in [0.4, 0.5) is 5.69 Å². The van der Waals surface area contributed by atoms with Crippen LogP contribution >= 0.6 is 0 Å². The van der Waals surface area contributed by atoms with Crippen molar-refractivity contribution in [3.63, 3.8) is 0 Å². The molecular formula is C15H17N3O4S. The lowest BCUT2D eigenvalue weighted by Gasteiger charge is -2.06. The first-order valence-electron chi connectivity index (χ1n) is 6.77. The molecule has 0 aliphatic rings. The third-order valence-corrected chi connectivity index (χ3v) is 4.61. The quantitative estimate of drug-likeness (QED) is 0.670. The zero-order valence-electron chi connectivity index (χ0n) is 13.2. The number of anilines is 1. The summed E-state index contributed by atoms with van der Waals surface area (Å²) >= 11 is 0. The molecule has 0 saturated carbocycles. The van der Waals surface area contributed by atoms with E-state index in [-0.39, 0.29) is 10.5 Å². The summed E-state index contributed by atoms with van der Waals surface area (Å²) in [5, 5.41) is 6.57. The van der Waals surface area contributed by atoms with Gasteiger partial charge < -0.3 is 5.32 Å². The van der Waals surface area contributed by atoms with Gasteiger partial charge >= 0.3 is 0 Å². The molecule has 2 rings (SSSR count). The van der Waals surface area contributed by atoms with Crippen LogP contribution in [0.15, 0.2) is 29.2 Å². The van der Waals surface area contributed by atoms with Crippen molar-refractivity contribution in [1.82, 2.24) is 9.78 Å². The lowest BCUT2D eigenvalue weighted by Crippen LogP contribution is -2.24. The highest BCUT2D eigenvalue weighted by Gasteiger charge is 2.24. The number of nitrogens with one attached hydrogen (secondary N) is 1. The number of benzene rings is 1. The first-order valence-corrected chi connectivity index (χ1v) is 8.66. The van der Waals surface area contributed by atoms with Crippen LogP contribution in [0.25, 0.3) is 0 Å². The van der Waals surface area contributed by atoms with E-state index in [0.717, 1.165) is 6.26 Å². The highest BCUT2D eigenvalue weighted by atomic mass is 32.2. The highest BCUT2D eigenvalue weighted by molar-refractivity contribution is 7.90. The number of carbonyl (C=O) groups excluding carboxylic acids is 2. The van der Waals surface area contributed by atoms with Gasteiger partial charge in [0.15, 0.2) is 9.84 Å². The van der Waals surface area contributed by atoms with Crippen LogP contribution in [0.2, 0.25) is 0 Å². The van der Waals surface area contributed by atoms with E-state index >= 15 is 0 Å². The lowest BCUT2D eigenvalue weighted by atomic mass is 10.1. The van der Waals surface area contributed by atoms with Crippen molar-refractivity contribution in [3.05, 3.63) is 41.2 Å². The number of nitrogens with zero attached hydrogens (tertiary/aromatic N) is 2. The average Bonchev–Trinajstić information content (AvgIpc) is 2.71. The maximum absolute atomic E-state index is 12.3. The second kappa shape index (κ2) is 5.96. The van der Waals surface area contributed by atoms with Crippen LogP contribution in [0.3, 0.4) is 0 Å². The molecule has 0 radical (unpaired) electrons. The minimum atomic E-state index is -3.31. The van der Waals surface area contributed by atoms with Gasteiger partial charge in [0.05, 0.1) is 16.2 Å². The zero-order chi connectivity index (χ0) is 17.4. The third kappa shape index (κ3) is 3.48. The van der Waals surface area contributed by atoms with Crippen LogP contribution in [0.5, 0.6) is 0 Å². The predicted molar refractivity (Wildman–Crippen MR) is 85.2 cm³/mol. The average molecular weight is 335 g/mol. The second-order valence-electron chi connectivity index (χ2n) is 5.25. The number of hydrogen-bond donors (Lipinski definition) is 1. The predicted octanol–water partition coefficient (Wildman–Crippen LogP) is 1.26. The number of aryl methyl sites for hydroxylation is 2. The molecule has 8 heteroatoms. The van der Waals surface area contributed by atoms with Crippen molar-refractivity contribution in [2.24, 2.45) is 7.05 Å². The minimum absolute atomic E-state index is 0.140. The minimum Gasteiger partial charge on any atom is -0.319 e. The Kier molecular flexibility index (Phi) is 4.37. The summed E-state index contributed by atoms with van der Waals surface area (Å²) in [5.41, 5.74) is 1.71. The second-order valence-corrected chi connectivity index (χ2v) is 7.26. The number of hydrogen-bond acceptors (Lipinski definition) is 5. The van der Waals surface area contributed by atoms with Gasteiger partial charge in [-0.1, -0.05) is 0 Å². The first-order chi connectivity index (χ1) is 10.6. The molecule has 1 aromatic heterocycles. The lowest BCUT2D eigenvalue weighted by molar-refractivity contribution is -0.112. The molecule has 7 nitrogen and oxygen atoms in total. The highest BCUT2D eigenvalue weighted by Crippen LogP contribution is 2.16. The SMILES string of the molecule is Cc1nn(C)c(C)c1C(=O)C(=O)Nc1ccc(S(C)(=O)=O)cc1. The van der Waals surface area contributed by atoms with Gasteiger partial charge in [0.1, 0.15) is 0 Å². The fourth-order valence-electron chi connectivity index (χ4n) is 2.19. The monoisotopic (exact) mass is 335 g/mol. The topological polar surface area (TPSA) is 98.1 Å². The third-order valence-electron chi connectivity index (χ3n) is 3.48. The van der Waals surface area contributed by atoms with E-state index in [4.69, 9.17) is 0 Å². The molecule has 0 saturated heterocycles. The number of Topliss-reactive ketones (excluding diaryl/α,β-unsaturated/α-hetero) is 1. The maximum Gasteiger partial charge on any atom is 0.296 e. The van der Waals surface area contributed by atoms with Gasteiger partial charge in [0.25, 0.3) is 11.7 Å². The van der Waals surface area contributed by atoms with E-state index in [2.05, 4.69) is 10.4 Å². The Hall–Kier alpha value is -2.48. The van der Waals surface area contributed by atoms with Gasteiger partial charge in [0.2, 0.25) is 0 Å². The molecule has 2 aromatic rings. The van der Waals surface area contributed by atoms with Crippen molar-refractivity contribution in [1.29, 1.82) is 0 Å². The molecule has 23 heavy (non-hydrogen) atoms. The molecule has 0 aliphatic heterocycles. The molecule has 1 aromatic carbocycles. The van der Waals surface area contributed by atoms with Gasteiger partial charge in [-0.25, -0.2) is 8.42 Å². The van der Waals surface area contributed by atoms with E-state index in [1.54, 1.807) is 20.9 Å². The Bertz CT molecular complexity index is 880. The summed E-state index contributed by atoms with van der Waals surface area (Å²) in [6, 6.07) is 5.61. The molecule has 0 fully saturated rings. The zero-order valence-corrected chi connectivity index (χ0v) is 14.1. The number of aromatic nitrogens is 2. The van der Waals surface area contributed by atoms with E-state index < -0.39 is 21.5 Å². The van der Waals surface area contributed by atoms with E-state index in [1.807, 2.05) is 0 Å². The fraction of sp³-hybridized carbons (Fsp3) is 0.267. The number of rotatable bonds is 4. The van der Waals surface area contributed by atoms with Crippen molar-refractivity contribution in [2.75, 3.05) is 11.6 Å². The van der Waals surface area contributed by atoms with Crippen LogP contribution < -0.4 is 5.32 Å². The molecular weight excluding hydrogens is 318 g/mol. The van der Waals surface area contributed by atoms with Crippen LogP contribution in [0.1, 0.15) is 21.7 Å². The van der Waals surface area contributed by atoms with E-state index in [0.29, 0.717) is 17.1 Å². The van der Waals surface area contributed by atoms with Crippen molar-refractivity contribution in [3.8, 4) is 0 Å². The normalized spacial score (nSPS) is 11.3. The Morgan fingerprint density at radius 2 is 1.70 bits per heavy atom. The Morgan fingerprint density at radius 3 is 2.13 bits per heavy atom. The van der Waals surface area contributed by atoms with Gasteiger partial charge in [-0.15, -0.1) is 0 Å². The van der Waals surface area contributed by atoms with Crippen LogP contribution in [-0.4, -0.2) is 36.1 Å². The van der Waals surface area contributed by atoms with Gasteiger partial charge in [0, 0.05) is 24.7 Å². The first kappa shape index (κ1) is 16.9. The summed E-state index contributed by atoms with van der Waals surface area (Å²) < 4.78 is 24.3. The summed E-state index contributed by atoms with van der Waals surface area (Å²) in [5.74, 6) is -1.48. The summed E-state index contributed by atoms with van der Waals surface area (Å²) in [7, 11) is -1.61. The molecule has 1 heterocycles. The summed E-state index contributed by atoms with van der Waals surface area (Å²) in [4.78, 5) is 24.5. The summed E-state index contributed by atoms with van der Waals surface area (Å²) in [6.45, 7) is 3.37. The van der Waals surface area contributed by atoms with Crippen molar-refractivity contribution >= 4 is 27.2 Å². The van der Waals surface area contributed by atoms with Gasteiger partial charge in [-0.2, -0.15) is 5.10 Å². The molecule has 122 valence electrons. The van der Waals surface area contributed by atoms with E-state index in [1.165, 1.54) is 28.9 Å². The van der Waals surface area contributed by atoms with Gasteiger partial charge in [-0.3, -0.25) is 14.3 Å². The molecule has 0 spiro atoms. The summed E-state index contributed by atoms with van der Waals surface area (Å²) in [6.07, 6.45) is 1.10. The number of amides is 1. The Labute approximate surface area is 134 Å². The number of ketones is 1. The molecule has 1 N–H and O–H groups in total. The van der Waals surface area contributed by atoms with Gasteiger partial charge in [-0.05, 0) is 38.1 Å². The Balaban J connectivity index is 2.20. The largest absolute Gasteiger partial charge is 0.319 e. The molecule has 0 unspecified atom stereocenters. The smallest absolute Gasteiger partial charge is 0.296 e. The molecule has 1 amide bonds. The number of sulfone groups is 1. The van der Waals surface area contributed by atoms with Crippen LogP contribution in [0, 0.1) is 13.8 Å². The van der Waals surface area contributed by atoms with Crippen molar-refractivity contribution < 1.29 is 18.0 Å². The molecule has 0 bridgehead atoms. The standard InChI is InChI=1S/C15H17N3O4S/c1-9-13(10(2)18(3)17-9)14(19)15(20)16-11-5-7-12(8-6-11)23(4,21)22/h5-8H,1-4H3,(H,16,20). The molecule has 0 atom stereocenters. The maximum atomic E-state index is 12.3. The fourth-order valence-corrected chi connectivity index (χ4v) is 2.82. The van der Waals surface area contributed by atoms with Crippen LogP contribution in [-0.2, 0) is 21.7 Å². The van der Waals surface area contributed by atoms with Crippen molar-refractivity contribution in [2.45, 2.75) is 18.7 Å². The molecule has 0 aliphatic carbocycles.